The molecule has 0 fully saturated rings. The van der Waals surface area contributed by atoms with Crippen LogP contribution in [0.2, 0.25) is 0 Å². The van der Waals surface area contributed by atoms with Gasteiger partial charge in [0.15, 0.2) is 0 Å². The Bertz CT molecular complexity index is 2760. The summed E-state index contributed by atoms with van der Waals surface area (Å²) in [7, 11) is 0. The minimum absolute atomic E-state index is 0.858. The Morgan fingerprint density at radius 2 is 0.812 bits per heavy atom. The highest BCUT2D eigenvalue weighted by Gasteiger charge is 2.19. The summed E-state index contributed by atoms with van der Waals surface area (Å²) >= 11 is 0. The molecule has 2 heterocycles. The van der Waals surface area contributed by atoms with Gasteiger partial charge in [-0.2, -0.15) is 0 Å². The number of fused-ring (bicyclic) bond motifs is 6. The average Bonchev–Trinajstić information content (AvgIpc) is 3.73. The number of benzene rings is 8. The normalized spacial score (nSPS) is 11.8. The second-order valence-electron chi connectivity index (χ2n) is 12.5. The standard InChI is InChI=1S/C46H28O2/c1-3-12-29(13-4-1)31-16-11-17-32(24-31)45-36-18-7-9-20-38(36)46(39-21-10-8-19-37(39)45)33-22-23-35-40-28-42-34(27-44(40)48-43(35)25-33)26-41(47-42)30-14-5-2-6-15-30/h1-28H. The van der Waals surface area contributed by atoms with Gasteiger partial charge in [0.05, 0.1) is 0 Å². The van der Waals surface area contributed by atoms with Crippen molar-refractivity contribution in [3.8, 4) is 44.7 Å². The van der Waals surface area contributed by atoms with Gasteiger partial charge in [-0.05, 0) is 91.3 Å². The summed E-state index contributed by atoms with van der Waals surface area (Å²) in [5, 5.41) is 8.07. The second kappa shape index (κ2) is 10.6. The Hall–Kier alpha value is -6.38. The Balaban J connectivity index is 1.16. The molecule has 0 saturated heterocycles. The van der Waals surface area contributed by atoms with Crippen molar-refractivity contribution >= 4 is 54.5 Å². The van der Waals surface area contributed by atoms with Crippen molar-refractivity contribution in [1.82, 2.24) is 0 Å². The zero-order chi connectivity index (χ0) is 31.6. The SMILES string of the molecule is c1ccc(-c2cccc(-c3c4ccccc4c(-c4ccc5c(c4)oc4cc6cc(-c7ccccc7)oc6cc45)c4ccccc34)c2)cc1. The predicted octanol–water partition coefficient (Wildman–Crippen LogP) is 13.3. The minimum Gasteiger partial charge on any atom is -0.456 e. The van der Waals surface area contributed by atoms with E-state index in [9.17, 15) is 0 Å². The van der Waals surface area contributed by atoms with Gasteiger partial charge < -0.3 is 8.83 Å². The van der Waals surface area contributed by atoms with Crippen molar-refractivity contribution in [2.45, 2.75) is 0 Å². The Labute approximate surface area is 277 Å². The molecule has 0 atom stereocenters. The van der Waals surface area contributed by atoms with Crippen LogP contribution >= 0.6 is 0 Å². The molecule has 2 aromatic heterocycles. The van der Waals surface area contributed by atoms with Crippen molar-refractivity contribution in [2.24, 2.45) is 0 Å². The smallest absolute Gasteiger partial charge is 0.136 e. The first-order chi connectivity index (χ1) is 23.8. The van der Waals surface area contributed by atoms with Gasteiger partial charge in [-0.1, -0.05) is 133 Å². The van der Waals surface area contributed by atoms with E-state index in [1.807, 2.05) is 18.2 Å². The van der Waals surface area contributed by atoms with Gasteiger partial charge in [0.2, 0.25) is 0 Å². The monoisotopic (exact) mass is 612 g/mol. The van der Waals surface area contributed by atoms with Gasteiger partial charge in [-0.15, -0.1) is 0 Å². The molecule has 0 amide bonds. The van der Waals surface area contributed by atoms with Gasteiger partial charge in [0, 0.05) is 21.7 Å². The average molecular weight is 613 g/mol. The minimum atomic E-state index is 0.858. The lowest BCUT2D eigenvalue weighted by Gasteiger charge is -2.18. The van der Waals surface area contributed by atoms with Crippen LogP contribution in [0.5, 0.6) is 0 Å². The van der Waals surface area contributed by atoms with Crippen LogP contribution in [0, 0.1) is 0 Å². The quantitative estimate of drug-likeness (QED) is 0.185. The number of hydrogen-bond donors (Lipinski definition) is 0. The van der Waals surface area contributed by atoms with E-state index >= 15 is 0 Å². The predicted molar refractivity (Wildman–Crippen MR) is 200 cm³/mol. The molecule has 0 radical (unpaired) electrons. The molecule has 0 unspecified atom stereocenters. The maximum absolute atomic E-state index is 6.57. The fraction of sp³-hybridized carbons (Fsp3) is 0. The lowest BCUT2D eigenvalue weighted by atomic mass is 9.85. The van der Waals surface area contributed by atoms with Crippen LogP contribution in [0.25, 0.3) is 99.2 Å². The Morgan fingerprint density at radius 1 is 0.271 bits per heavy atom. The van der Waals surface area contributed by atoms with E-state index in [1.54, 1.807) is 0 Å². The molecule has 0 aliphatic rings. The molecule has 0 aliphatic carbocycles. The number of furan rings is 2. The van der Waals surface area contributed by atoms with Crippen LogP contribution in [0.15, 0.2) is 179 Å². The highest BCUT2D eigenvalue weighted by molar-refractivity contribution is 6.22. The van der Waals surface area contributed by atoms with Crippen molar-refractivity contribution in [3.63, 3.8) is 0 Å². The molecular weight excluding hydrogens is 585 g/mol. The molecular formula is C46H28O2. The summed E-state index contributed by atoms with van der Waals surface area (Å²) in [6.45, 7) is 0. The maximum atomic E-state index is 6.57. The summed E-state index contributed by atoms with van der Waals surface area (Å²) in [5.74, 6) is 0.860. The van der Waals surface area contributed by atoms with Gasteiger partial charge in [0.1, 0.15) is 22.5 Å². The lowest BCUT2D eigenvalue weighted by Crippen LogP contribution is -1.91. The van der Waals surface area contributed by atoms with E-state index in [4.69, 9.17) is 8.83 Å². The first-order valence-electron chi connectivity index (χ1n) is 16.3. The molecule has 0 bridgehead atoms. The topological polar surface area (TPSA) is 26.3 Å². The summed E-state index contributed by atoms with van der Waals surface area (Å²) < 4.78 is 12.9. The molecule has 8 aromatic carbocycles. The van der Waals surface area contributed by atoms with Crippen LogP contribution in [0.3, 0.4) is 0 Å². The van der Waals surface area contributed by atoms with Crippen molar-refractivity contribution in [2.75, 3.05) is 0 Å². The summed E-state index contributed by atoms with van der Waals surface area (Å²) in [4.78, 5) is 0. The highest BCUT2D eigenvalue weighted by Crippen LogP contribution is 2.45. The lowest BCUT2D eigenvalue weighted by molar-refractivity contribution is 0.631. The van der Waals surface area contributed by atoms with Crippen LogP contribution < -0.4 is 0 Å². The third-order valence-corrected chi connectivity index (χ3v) is 9.65. The molecule has 0 saturated carbocycles. The van der Waals surface area contributed by atoms with Crippen molar-refractivity contribution < 1.29 is 8.83 Å². The largest absolute Gasteiger partial charge is 0.456 e. The van der Waals surface area contributed by atoms with Gasteiger partial charge in [-0.25, -0.2) is 0 Å². The zero-order valence-electron chi connectivity index (χ0n) is 26.0. The molecule has 224 valence electrons. The molecule has 2 nitrogen and oxygen atoms in total. The van der Waals surface area contributed by atoms with Crippen LogP contribution in [0.1, 0.15) is 0 Å². The van der Waals surface area contributed by atoms with Crippen LogP contribution in [-0.4, -0.2) is 0 Å². The third-order valence-electron chi connectivity index (χ3n) is 9.65. The summed E-state index contributed by atoms with van der Waals surface area (Å²) in [6.07, 6.45) is 0. The first kappa shape index (κ1) is 26.8. The first-order valence-corrected chi connectivity index (χ1v) is 16.3. The Morgan fingerprint density at radius 3 is 1.48 bits per heavy atom. The van der Waals surface area contributed by atoms with E-state index in [0.29, 0.717) is 0 Å². The zero-order valence-corrected chi connectivity index (χ0v) is 26.0. The fourth-order valence-electron chi connectivity index (χ4n) is 7.44. The van der Waals surface area contributed by atoms with E-state index < -0.39 is 0 Å². The van der Waals surface area contributed by atoms with Crippen LogP contribution in [0.4, 0.5) is 0 Å². The van der Waals surface area contributed by atoms with E-state index in [1.165, 1.54) is 49.4 Å². The van der Waals surface area contributed by atoms with E-state index in [2.05, 4.69) is 152 Å². The number of hydrogen-bond acceptors (Lipinski definition) is 2. The van der Waals surface area contributed by atoms with Crippen molar-refractivity contribution in [1.29, 1.82) is 0 Å². The van der Waals surface area contributed by atoms with Crippen LogP contribution in [-0.2, 0) is 0 Å². The molecule has 0 spiro atoms. The molecule has 10 aromatic rings. The van der Waals surface area contributed by atoms with Gasteiger partial charge in [-0.3, -0.25) is 0 Å². The van der Waals surface area contributed by atoms with Gasteiger partial charge in [0.25, 0.3) is 0 Å². The van der Waals surface area contributed by atoms with E-state index in [0.717, 1.165) is 49.8 Å². The van der Waals surface area contributed by atoms with Crippen molar-refractivity contribution in [3.05, 3.63) is 170 Å². The third kappa shape index (κ3) is 4.20. The second-order valence-corrected chi connectivity index (χ2v) is 12.5. The molecule has 0 aliphatic heterocycles. The Kier molecular flexibility index (Phi) is 5.91. The maximum Gasteiger partial charge on any atom is 0.136 e. The van der Waals surface area contributed by atoms with Gasteiger partial charge >= 0.3 is 0 Å². The molecule has 10 rings (SSSR count). The fourth-order valence-corrected chi connectivity index (χ4v) is 7.44. The highest BCUT2D eigenvalue weighted by atomic mass is 16.3. The molecule has 2 heteroatoms. The number of rotatable bonds is 4. The summed E-state index contributed by atoms with van der Waals surface area (Å²) in [5.41, 5.74) is 10.9. The molecule has 0 N–H and O–H groups in total. The van der Waals surface area contributed by atoms with E-state index in [-0.39, 0.29) is 0 Å². The summed E-state index contributed by atoms with van der Waals surface area (Å²) in [6, 6.07) is 60.3. The molecule has 48 heavy (non-hydrogen) atoms.